The molecular weight excluding hydrogens is 330 g/mol. The number of aromatic nitrogens is 2. The predicted molar refractivity (Wildman–Crippen MR) is 87.7 cm³/mol. The lowest BCUT2D eigenvalue weighted by molar-refractivity contribution is 0.412. The monoisotopic (exact) mass is 343 g/mol. The number of para-hydroxylation sites is 2. The number of ether oxygens (including phenoxy) is 1. The fraction of sp³-hybridized carbons (Fsp3) is 0.0625. The van der Waals surface area contributed by atoms with Gasteiger partial charge in [0.05, 0.1) is 19.0 Å². The lowest BCUT2D eigenvalue weighted by Crippen LogP contribution is -1.98. The number of hydrogen-bond acceptors (Lipinski definition) is 3. The molecule has 5 heteroatoms. The van der Waals surface area contributed by atoms with E-state index in [1.54, 1.807) is 18.0 Å². The van der Waals surface area contributed by atoms with Crippen molar-refractivity contribution in [1.82, 2.24) is 9.78 Å². The van der Waals surface area contributed by atoms with Crippen molar-refractivity contribution in [3.05, 3.63) is 59.2 Å². The van der Waals surface area contributed by atoms with Crippen LogP contribution in [-0.2, 0) is 0 Å². The minimum absolute atomic E-state index is 0.618. The summed E-state index contributed by atoms with van der Waals surface area (Å²) in [5.74, 6) is 0.749. The zero-order chi connectivity index (χ0) is 14.8. The highest BCUT2D eigenvalue weighted by Crippen LogP contribution is 2.32. The van der Waals surface area contributed by atoms with E-state index in [0.29, 0.717) is 5.69 Å². The van der Waals surface area contributed by atoms with Crippen LogP contribution < -0.4 is 10.5 Å². The summed E-state index contributed by atoms with van der Waals surface area (Å²) < 4.78 is 8.07. The number of halogens is 1. The average Bonchev–Trinajstić information content (AvgIpc) is 2.89. The Morgan fingerprint density at radius 3 is 2.57 bits per heavy atom. The van der Waals surface area contributed by atoms with Crippen molar-refractivity contribution in [2.75, 3.05) is 12.8 Å². The second-order valence-electron chi connectivity index (χ2n) is 4.53. The highest BCUT2D eigenvalue weighted by atomic mass is 79.9. The number of nitrogen functional groups attached to an aromatic ring is 1. The van der Waals surface area contributed by atoms with Crippen molar-refractivity contribution in [3.8, 4) is 22.7 Å². The van der Waals surface area contributed by atoms with Crippen molar-refractivity contribution in [2.45, 2.75) is 0 Å². The first-order chi connectivity index (χ1) is 10.2. The maximum Gasteiger partial charge on any atom is 0.144 e. The molecule has 0 radical (unpaired) electrons. The molecule has 106 valence electrons. The molecule has 21 heavy (non-hydrogen) atoms. The predicted octanol–water partition coefficient (Wildman–Crippen LogP) is 3.89. The molecule has 3 rings (SSSR count). The second-order valence-corrected chi connectivity index (χ2v) is 5.38. The van der Waals surface area contributed by atoms with Crippen LogP contribution in [0.4, 0.5) is 5.69 Å². The van der Waals surface area contributed by atoms with E-state index in [0.717, 1.165) is 27.2 Å². The molecular formula is C16H14BrN3O. The molecule has 2 aromatic carbocycles. The summed E-state index contributed by atoms with van der Waals surface area (Å²) in [7, 11) is 1.64. The van der Waals surface area contributed by atoms with Gasteiger partial charge in [0.2, 0.25) is 0 Å². The molecule has 2 N–H and O–H groups in total. The van der Waals surface area contributed by atoms with E-state index in [1.807, 2.05) is 48.5 Å². The molecule has 0 amide bonds. The molecule has 0 fully saturated rings. The van der Waals surface area contributed by atoms with Gasteiger partial charge < -0.3 is 10.5 Å². The van der Waals surface area contributed by atoms with Crippen LogP contribution in [-0.4, -0.2) is 16.9 Å². The largest absolute Gasteiger partial charge is 0.494 e. The smallest absolute Gasteiger partial charge is 0.144 e. The van der Waals surface area contributed by atoms with Gasteiger partial charge in [0.1, 0.15) is 17.1 Å². The van der Waals surface area contributed by atoms with E-state index >= 15 is 0 Å². The molecule has 0 atom stereocenters. The Balaban J connectivity index is 2.12. The average molecular weight is 344 g/mol. The first-order valence-corrected chi connectivity index (χ1v) is 7.23. The van der Waals surface area contributed by atoms with Gasteiger partial charge in [-0.05, 0) is 18.2 Å². The lowest BCUT2D eigenvalue weighted by atomic mass is 10.1. The summed E-state index contributed by atoms with van der Waals surface area (Å²) >= 11 is 3.53. The second kappa shape index (κ2) is 5.61. The molecule has 0 spiro atoms. The Labute approximate surface area is 131 Å². The van der Waals surface area contributed by atoms with E-state index in [2.05, 4.69) is 21.0 Å². The summed E-state index contributed by atoms with van der Waals surface area (Å²) in [5, 5.41) is 4.60. The summed E-state index contributed by atoms with van der Waals surface area (Å²) in [6, 6.07) is 15.6. The third kappa shape index (κ3) is 2.52. The van der Waals surface area contributed by atoms with Crippen LogP contribution in [0.25, 0.3) is 16.9 Å². The van der Waals surface area contributed by atoms with Crippen LogP contribution in [0.1, 0.15) is 0 Å². The van der Waals surface area contributed by atoms with E-state index in [9.17, 15) is 0 Å². The number of nitrogens with zero attached hydrogens (tertiary/aromatic N) is 2. The van der Waals surface area contributed by atoms with Crippen molar-refractivity contribution < 1.29 is 4.74 Å². The van der Waals surface area contributed by atoms with Crippen molar-refractivity contribution in [1.29, 1.82) is 0 Å². The van der Waals surface area contributed by atoms with Gasteiger partial charge in [0.15, 0.2) is 0 Å². The normalized spacial score (nSPS) is 10.6. The standard InChI is InChI=1S/C16H14BrN3O/c1-21-15-9-5-4-8-14(15)20-10-13(18)16(19-20)11-6-2-3-7-12(11)17/h2-10H,18H2,1H3. The number of anilines is 1. The van der Waals surface area contributed by atoms with Gasteiger partial charge in [0, 0.05) is 10.0 Å². The fourth-order valence-electron chi connectivity index (χ4n) is 2.19. The Morgan fingerprint density at radius 2 is 1.81 bits per heavy atom. The highest BCUT2D eigenvalue weighted by Gasteiger charge is 2.13. The summed E-state index contributed by atoms with van der Waals surface area (Å²) in [5.41, 5.74) is 9.30. The summed E-state index contributed by atoms with van der Waals surface area (Å²) in [4.78, 5) is 0. The van der Waals surface area contributed by atoms with Crippen LogP contribution in [0.15, 0.2) is 59.2 Å². The molecule has 0 saturated carbocycles. The third-order valence-electron chi connectivity index (χ3n) is 3.20. The van der Waals surface area contributed by atoms with Crippen LogP contribution in [0.5, 0.6) is 5.75 Å². The SMILES string of the molecule is COc1ccccc1-n1cc(N)c(-c2ccccc2Br)n1. The highest BCUT2D eigenvalue weighted by molar-refractivity contribution is 9.10. The Morgan fingerprint density at radius 1 is 1.10 bits per heavy atom. The third-order valence-corrected chi connectivity index (χ3v) is 3.90. The summed E-state index contributed by atoms with van der Waals surface area (Å²) in [6.07, 6.45) is 1.80. The maximum absolute atomic E-state index is 6.13. The first-order valence-electron chi connectivity index (χ1n) is 6.44. The topological polar surface area (TPSA) is 53.1 Å². The van der Waals surface area contributed by atoms with E-state index in [1.165, 1.54) is 0 Å². The quantitative estimate of drug-likeness (QED) is 0.784. The van der Waals surface area contributed by atoms with Crippen LogP contribution in [0.3, 0.4) is 0 Å². The van der Waals surface area contributed by atoms with Gasteiger partial charge >= 0.3 is 0 Å². The molecule has 1 aromatic heterocycles. The Bertz CT molecular complexity index is 783. The van der Waals surface area contributed by atoms with E-state index < -0.39 is 0 Å². The number of methoxy groups -OCH3 is 1. The number of hydrogen-bond donors (Lipinski definition) is 1. The number of nitrogens with two attached hydrogens (primary N) is 1. The molecule has 0 saturated heterocycles. The van der Waals surface area contributed by atoms with Gasteiger partial charge in [-0.2, -0.15) is 5.10 Å². The molecule has 1 heterocycles. The zero-order valence-electron chi connectivity index (χ0n) is 11.5. The van der Waals surface area contributed by atoms with Crippen LogP contribution in [0.2, 0.25) is 0 Å². The Kier molecular flexibility index (Phi) is 3.66. The van der Waals surface area contributed by atoms with Crippen LogP contribution in [0, 0.1) is 0 Å². The van der Waals surface area contributed by atoms with Gasteiger partial charge in [-0.25, -0.2) is 4.68 Å². The van der Waals surface area contributed by atoms with E-state index in [-0.39, 0.29) is 0 Å². The maximum atomic E-state index is 6.13. The van der Waals surface area contributed by atoms with Crippen molar-refractivity contribution >= 4 is 21.6 Å². The molecule has 0 aliphatic carbocycles. The van der Waals surface area contributed by atoms with Crippen LogP contribution >= 0.6 is 15.9 Å². The minimum Gasteiger partial charge on any atom is -0.494 e. The molecule has 3 aromatic rings. The molecule has 4 nitrogen and oxygen atoms in total. The van der Waals surface area contributed by atoms with Crippen molar-refractivity contribution in [2.24, 2.45) is 0 Å². The Hall–Kier alpha value is -2.27. The van der Waals surface area contributed by atoms with Gasteiger partial charge in [-0.15, -0.1) is 0 Å². The number of rotatable bonds is 3. The molecule has 0 aliphatic rings. The van der Waals surface area contributed by atoms with E-state index in [4.69, 9.17) is 10.5 Å². The minimum atomic E-state index is 0.618. The fourth-order valence-corrected chi connectivity index (χ4v) is 2.66. The lowest BCUT2D eigenvalue weighted by Gasteiger charge is -2.07. The van der Waals surface area contributed by atoms with Crippen molar-refractivity contribution in [3.63, 3.8) is 0 Å². The first kappa shape index (κ1) is 13.7. The molecule has 0 aliphatic heterocycles. The molecule has 0 bridgehead atoms. The number of benzene rings is 2. The van der Waals surface area contributed by atoms with Gasteiger partial charge in [-0.1, -0.05) is 46.3 Å². The van der Waals surface area contributed by atoms with Gasteiger partial charge in [0.25, 0.3) is 0 Å². The molecule has 0 unspecified atom stereocenters. The summed E-state index contributed by atoms with van der Waals surface area (Å²) in [6.45, 7) is 0. The zero-order valence-corrected chi connectivity index (χ0v) is 13.0. The van der Waals surface area contributed by atoms with Gasteiger partial charge in [-0.3, -0.25) is 0 Å².